The first kappa shape index (κ1) is 10.9. The van der Waals surface area contributed by atoms with Crippen LogP contribution < -0.4 is 5.32 Å². The Bertz CT molecular complexity index is 456. The van der Waals surface area contributed by atoms with Crippen LogP contribution in [0, 0.1) is 5.92 Å². The quantitative estimate of drug-likeness (QED) is 0.752. The van der Waals surface area contributed by atoms with Gasteiger partial charge in [0.05, 0.1) is 0 Å². The van der Waals surface area contributed by atoms with Crippen LogP contribution in [0.3, 0.4) is 0 Å². The van der Waals surface area contributed by atoms with Gasteiger partial charge in [0, 0.05) is 30.2 Å². The molecule has 0 bridgehead atoms. The van der Waals surface area contributed by atoms with Crippen molar-refractivity contribution < 1.29 is 0 Å². The molecule has 0 saturated carbocycles. The summed E-state index contributed by atoms with van der Waals surface area (Å²) in [6, 6.07) is 10.4. The van der Waals surface area contributed by atoms with E-state index in [1.54, 1.807) is 5.56 Å². The number of hydrogen-bond donors (Lipinski definition) is 1. The van der Waals surface area contributed by atoms with Crippen LogP contribution in [0.15, 0.2) is 24.3 Å². The number of fused-ring (bicyclic) bond motifs is 5. The average Bonchev–Trinajstić information content (AvgIpc) is 2.77. The van der Waals surface area contributed by atoms with Gasteiger partial charge in [-0.05, 0) is 43.4 Å². The predicted octanol–water partition coefficient (Wildman–Crippen LogP) is 3.07. The molecule has 0 radical (unpaired) electrons. The van der Waals surface area contributed by atoms with Crippen LogP contribution in [0.1, 0.15) is 37.7 Å². The number of anilines is 1. The monoisotopic (exact) mass is 242 g/mol. The Morgan fingerprint density at radius 2 is 2.06 bits per heavy atom. The smallest absolute Gasteiger partial charge is 0.0379 e. The van der Waals surface area contributed by atoms with Gasteiger partial charge in [-0.25, -0.2) is 0 Å². The lowest BCUT2D eigenvalue weighted by molar-refractivity contribution is 0.0472. The standard InChI is InChI=1S/C16H22N2/c1-11-5-4-9-18-10-8-14-15(16(11)18)12-6-2-3-7-13(12)17-14/h2-3,6-7,11,14-17H,4-5,8-10H2,1H3. The number of nitrogens with zero attached hydrogens (tertiary/aromatic N) is 1. The number of benzene rings is 1. The van der Waals surface area contributed by atoms with Gasteiger partial charge in [0.1, 0.15) is 0 Å². The third-order valence-electron chi connectivity index (χ3n) is 5.30. The lowest BCUT2D eigenvalue weighted by Crippen LogP contribution is -2.55. The number of nitrogens with one attached hydrogen (secondary N) is 1. The van der Waals surface area contributed by atoms with E-state index < -0.39 is 0 Å². The highest BCUT2D eigenvalue weighted by Gasteiger charge is 2.46. The van der Waals surface area contributed by atoms with Crippen molar-refractivity contribution in [3.8, 4) is 0 Å². The molecule has 18 heavy (non-hydrogen) atoms. The lowest BCUT2D eigenvalue weighted by atomic mass is 9.74. The Kier molecular flexibility index (Phi) is 2.41. The van der Waals surface area contributed by atoms with Crippen molar-refractivity contribution in [1.29, 1.82) is 0 Å². The SMILES string of the molecule is CC1CCCN2CCC3Nc4ccccc4C3C12. The van der Waals surface area contributed by atoms with E-state index in [4.69, 9.17) is 0 Å². The van der Waals surface area contributed by atoms with Crippen molar-refractivity contribution >= 4 is 5.69 Å². The molecule has 4 rings (SSSR count). The molecule has 0 amide bonds. The first-order chi connectivity index (χ1) is 8.84. The summed E-state index contributed by atoms with van der Waals surface area (Å²) in [5.74, 6) is 1.57. The summed E-state index contributed by atoms with van der Waals surface area (Å²) in [6.45, 7) is 5.07. The van der Waals surface area contributed by atoms with Crippen molar-refractivity contribution in [2.75, 3.05) is 18.4 Å². The molecule has 96 valence electrons. The van der Waals surface area contributed by atoms with Crippen molar-refractivity contribution in [2.24, 2.45) is 5.92 Å². The molecule has 2 fully saturated rings. The molecule has 0 aliphatic carbocycles. The molecule has 4 atom stereocenters. The summed E-state index contributed by atoms with van der Waals surface area (Å²) >= 11 is 0. The van der Waals surface area contributed by atoms with Crippen molar-refractivity contribution in [1.82, 2.24) is 4.90 Å². The Balaban J connectivity index is 1.75. The molecule has 4 unspecified atom stereocenters. The van der Waals surface area contributed by atoms with Crippen LogP contribution in [-0.2, 0) is 0 Å². The van der Waals surface area contributed by atoms with Crippen LogP contribution in [0.25, 0.3) is 0 Å². The summed E-state index contributed by atoms with van der Waals surface area (Å²) < 4.78 is 0. The second kappa shape index (κ2) is 3.99. The fourth-order valence-corrected chi connectivity index (χ4v) is 4.54. The Morgan fingerprint density at radius 1 is 1.17 bits per heavy atom. The summed E-state index contributed by atoms with van der Waals surface area (Å²) in [5, 5.41) is 3.76. The Morgan fingerprint density at radius 3 is 3.00 bits per heavy atom. The minimum atomic E-state index is 0.684. The van der Waals surface area contributed by atoms with E-state index in [1.807, 2.05) is 0 Å². The predicted molar refractivity (Wildman–Crippen MR) is 75.0 cm³/mol. The molecule has 1 N–H and O–H groups in total. The first-order valence-corrected chi connectivity index (χ1v) is 7.44. The zero-order valence-electron chi connectivity index (χ0n) is 11.1. The van der Waals surface area contributed by atoms with Crippen LogP contribution in [0.4, 0.5) is 5.69 Å². The first-order valence-electron chi connectivity index (χ1n) is 7.44. The number of hydrogen-bond acceptors (Lipinski definition) is 2. The van der Waals surface area contributed by atoms with E-state index in [9.17, 15) is 0 Å². The molecule has 1 aromatic carbocycles. The second-order valence-electron chi connectivity index (χ2n) is 6.30. The van der Waals surface area contributed by atoms with E-state index in [0.717, 1.165) is 17.9 Å². The topological polar surface area (TPSA) is 15.3 Å². The Hall–Kier alpha value is -1.02. The molecule has 0 spiro atoms. The molecule has 1 aromatic rings. The highest BCUT2D eigenvalue weighted by atomic mass is 15.2. The summed E-state index contributed by atoms with van der Waals surface area (Å²) in [6.07, 6.45) is 4.11. The molecule has 3 aliphatic heterocycles. The zero-order chi connectivity index (χ0) is 12.1. The minimum Gasteiger partial charge on any atom is -0.381 e. The minimum absolute atomic E-state index is 0.684. The van der Waals surface area contributed by atoms with E-state index >= 15 is 0 Å². The van der Waals surface area contributed by atoms with Crippen LogP contribution in [0.2, 0.25) is 0 Å². The van der Waals surface area contributed by atoms with Gasteiger partial charge in [-0.3, -0.25) is 4.90 Å². The van der Waals surface area contributed by atoms with Gasteiger partial charge in [0.2, 0.25) is 0 Å². The third-order valence-corrected chi connectivity index (χ3v) is 5.30. The van der Waals surface area contributed by atoms with Gasteiger partial charge in [-0.2, -0.15) is 0 Å². The molecule has 0 aromatic heterocycles. The Labute approximate surface area is 109 Å². The van der Waals surface area contributed by atoms with E-state index in [2.05, 4.69) is 41.4 Å². The van der Waals surface area contributed by atoms with Gasteiger partial charge >= 0.3 is 0 Å². The number of para-hydroxylation sites is 1. The van der Waals surface area contributed by atoms with Gasteiger partial charge < -0.3 is 5.32 Å². The van der Waals surface area contributed by atoms with Crippen molar-refractivity contribution in [3.05, 3.63) is 29.8 Å². The molecule has 2 saturated heterocycles. The summed E-state index contributed by atoms with van der Waals surface area (Å²) in [7, 11) is 0. The molecule has 3 heterocycles. The second-order valence-corrected chi connectivity index (χ2v) is 6.30. The van der Waals surface area contributed by atoms with Gasteiger partial charge in [-0.1, -0.05) is 25.1 Å². The van der Waals surface area contributed by atoms with E-state index in [0.29, 0.717) is 6.04 Å². The highest BCUT2D eigenvalue weighted by molar-refractivity contribution is 5.60. The van der Waals surface area contributed by atoms with Gasteiger partial charge in [-0.15, -0.1) is 0 Å². The fourth-order valence-electron chi connectivity index (χ4n) is 4.54. The summed E-state index contributed by atoms with van der Waals surface area (Å²) in [5.41, 5.74) is 2.97. The van der Waals surface area contributed by atoms with E-state index in [-0.39, 0.29) is 0 Å². The van der Waals surface area contributed by atoms with Crippen LogP contribution in [-0.4, -0.2) is 30.1 Å². The van der Waals surface area contributed by atoms with Crippen molar-refractivity contribution in [3.63, 3.8) is 0 Å². The van der Waals surface area contributed by atoms with Gasteiger partial charge in [0.25, 0.3) is 0 Å². The summed E-state index contributed by atoms with van der Waals surface area (Å²) in [4.78, 5) is 2.76. The zero-order valence-corrected chi connectivity index (χ0v) is 11.1. The number of rotatable bonds is 0. The average molecular weight is 242 g/mol. The van der Waals surface area contributed by atoms with Gasteiger partial charge in [0.15, 0.2) is 0 Å². The van der Waals surface area contributed by atoms with E-state index in [1.165, 1.54) is 38.0 Å². The number of piperidine rings is 2. The van der Waals surface area contributed by atoms with Crippen molar-refractivity contribution in [2.45, 2.75) is 44.2 Å². The lowest BCUT2D eigenvalue weighted by Gasteiger charge is -2.49. The molecule has 2 heteroatoms. The largest absolute Gasteiger partial charge is 0.381 e. The molecule has 3 aliphatic rings. The van der Waals surface area contributed by atoms with Crippen LogP contribution >= 0.6 is 0 Å². The fraction of sp³-hybridized carbons (Fsp3) is 0.625. The third kappa shape index (κ3) is 1.45. The van der Waals surface area contributed by atoms with Crippen LogP contribution in [0.5, 0.6) is 0 Å². The maximum atomic E-state index is 3.76. The molecular weight excluding hydrogens is 220 g/mol. The maximum Gasteiger partial charge on any atom is 0.0379 e. The maximum absolute atomic E-state index is 3.76. The normalized spacial score (nSPS) is 38.5. The molecule has 2 nitrogen and oxygen atoms in total. The highest BCUT2D eigenvalue weighted by Crippen LogP contribution is 2.47. The molecular formula is C16H22N2.